The Morgan fingerprint density at radius 3 is 3.00 bits per heavy atom. The molecule has 1 aromatic rings. The van der Waals surface area contributed by atoms with E-state index in [0.717, 1.165) is 17.8 Å². The largest absolute Gasteiger partial charge is 0.396 e. The highest BCUT2D eigenvalue weighted by molar-refractivity contribution is 7.11. The summed E-state index contributed by atoms with van der Waals surface area (Å²) in [6, 6.07) is 0. The maximum Gasteiger partial charge on any atom is 0.106 e. The van der Waals surface area contributed by atoms with Crippen molar-refractivity contribution in [2.75, 3.05) is 6.61 Å². The van der Waals surface area contributed by atoms with Crippen LogP contribution in [0, 0.1) is 0 Å². The van der Waals surface area contributed by atoms with Crippen LogP contribution in [0.3, 0.4) is 0 Å². The molecular formula is C7H12N2OS. The summed E-state index contributed by atoms with van der Waals surface area (Å²) in [6.07, 6.45) is 3.56. The van der Waals surface area contributed by atoms with Crippen molar-refractivity contribution >= 4 is 11.3 Å². The quantitative estimate of drug-likeness (QED) is 0.696. The van der Waals surface area contributed by atoms with Gasteiger partial charge >= 0.3 is 0 Å². The van der Waals surface area contributed by atoms with Gasteiger partial charge in [0.2, 0.25) is 0 Å². The highest BCUT2D eigenvalue weighted by Gasteiger charge is 1.98. The van der Waals surface area contributed by atoms with E-state index < -0.39 is 0 Å². The van der Waals surface area contributed by atoms with Crippen molar-refractivity contribution in [2.24, 2.45) is 5.73 Å². The first-order valence-corrected chi connectivity index (χ1v) is 4.43. The van der Waals surface area contributed by atoms with Crippen LogP contribution >= 0.6 is 11.3 Å². The zero-order valence-electron chi connectivity index (χ0n) is 6.29. The van der Waals surface area contributed by atoms with Gasteiger partial charge in [0.25, 0.3) is 0 Å². The Hall–Kier alpha value is -0.450. The van der Waals surface area contributed by atoms with Gasteiger partial charge in [0.15, 0.2) is 0 Å². The summed E-state index contributed by atoms with van der Waals surface area (Å²) in [5, 5.41) is 9.52. The number of nitrogens with two attached hydrogens (primary N) is 1. The lowest BCUT2D eigenvalue weighted by atomic mass is 10.3. The van der Waals surface area contributed by atoms with Crippen LogP contribution < -0.4 is 5.73 Å². The van der Waals surface area contributed by atoms with Gasteiger partial charge in [-0.1, -0.05) is 0 Å². The Bertz CT molecular complexity index is 212. The maximum atomic E-state index is 8.55. The summed E-state index contributed by atoms with van der Waals surface area (Å²) in [6.45, 7) is 0.764. The van der Waals surface area contributed by atoms with E-state index in [0.29, 0.717) is 6.54 Å². The molecule has 0 bridgehead atoms. The molecule has 62 valence electrons. The van der Waals surface area contributed by atoms with Gasteiger partial charge in [0, 0.05) is 24.2 Å². The Kier molecular flexibility index (Phi) is 3.48. The van der Waals surface area contributed by atoms with Crippen LogP contribution in [0.5, 0.6) is 0 Å². The van der Waals surface area contributed by atoms with E-state index in [2.05, 4.69) is 4.98 Å². The molecule has 0 radical (unpaired) electrons. The number of hydrogen-bond donors (Lipinski definition) is 2. The van der Waals surface area contributed by atoms with Gasteiger partial charge in [-0.2, -0.15) is 0 Å². The van der Waals surface area contributed by atoms with Crippen molar-refractivity contribution in [3.05, 3.63) is 16.1 Å². The smallest absolute Gasteiger partial charge is 0.106 e. The maximum absolute atomic E-state index is 8.55. The van der Waals surface area contributed by atoms with E-state index in [-0.39, 0.29) is 6.61 Å². The molecule has 0 spiro atoms. The summed E-state index contributed by atoms with van der Waals surface area (Å²) < 4.78 is 0. The summed E-state index contributed by atoms with van der Waals surface area (Å²) in [5.74, 6) is 0. The number of aryl methyl sites for hydroxylation is 1. The molecule has 1 heterocycles. The molecule has 3 nitrogen and oxygen atoms in total. The zero-order valence-corrected chi connectivity index (χ0v) is 7.10. The van der Waals surface area contributed by atoms with Gasteiger partial charge < -0.3 is 10.8 Å². The third kappa shape index (κ3) is 2.57. The van der Waals surface area contributed by atoms with Crippen LogP contribution in [-0.4, -0.2) is 16.7 Å². The molecule has 0 aliphatic heterocycles. The monoisotopic (exact) mass is 172 g/mol. The van der Waals surface area contributed by atoms with Gasteiger partial charge in [-0.05, 0) is 12.8 Å². The lowest BCUT2D eigenvalue weighted by Gasteiger charge is -1.90. The van der Waals surface area contributed by atoms with Crippen molar-refractivity contribution in [1.29, 1.82) is 0 Å². The molecule has 0 atom stereocenters. The molecule has 0 aromatic carbocycles. The molecular weight excluding hydrogens is 160 g/mol. The Morgan fingerprint density at radius 2 is 2.45 bits per heavy atom. The SMILES string of the molecule is NCc1ncc(CCCO)s1. The van der Waals surface area contributed by atoms with Crippen molar-refractivity contribution in [1.82, 2.24) is 4.98 Å². The fraction of sp³-hybridized carbons (Fsp3) is 0.571. The molecule has 4 heteroatoms. The second-order valence-corrected chi connectivity index (χ2v) is 3.45. The van der Waals surface area contributed by atoms with Crippen molar-refractivity contribution in [2.45, 2.75) is 19.4 Å². The highest BCUT2D eigenvalue weighted by atomic mass is 32.1. The molecule has 0 saturated carbocycles. The normalized spacial score (nSPS) is 10.4. The number of nitrogens with zero attached hydrogens (tertiary/aromatic N) is 1. The van der Waals surface area contributed by atoms with E-state index in [1.165, 1.54) is 4.88 Å². The molecule has 0 aliphatic carbocycles. The second-order valence-electron chi connectivity index (χ2n) is 2.25. The molecule has 1 rings (SSSR count). The minimum Gasteiger partial charge on any atom is -0.396 e. The molecule has 11 heavy (non-hydrogen) atoms. The topological polar surface area (TPSA) is 59.1 Å². The number of rotatable bonds is 4. The fourth-order valence-electron chi connectivity index (χ4n) is 0.811. The number of hydrogen-bond acceptors (Lipinski definition) is 4. The first-order chi connectivity index (χ1) is 5.36. The van der Waals surface area contributed by atoms with Crippen LogP contribution in [0.4, 0.5) is 0 Å². The highest BCUT2D eigenvalue weighted by Crippen LogP contribution is 2.13. The number of thiazole rings is 1. The molecule has 0 amide bonds. The van der Waals surface area contributed by atoms with Crippen molar-refractivity contribution in [3.63, 3.8) is 0 Å². The number of aromatic nitrogens is 1. The first kappa shape index (κ1) is 8.64. The Balaban J connectivity index is 2.44. The minimum atomic E-state index is 0.246. The van der Waals surface area contributed by atoms with Crippen molar-refractivity contribution < 1.29 is 5.11 Å². The lowest BCUT2D eigenvalue weighted by Crippen LogP contribution is -1.93. The van der Waals surface area contributed by atoms with Gasteiger partial charge in [-0.3, -0.25) is 0 Å². The van der Waals surface area contributed by atoms with E-state index in [1.54, 1.807) is 11.3 Å². The predicted molar refractivity (Wildman–Crippen MR) is 45.4 cm³/mol. The van der Waals surface area contributed by atoms with E-state index in [1.807, 2.05) is 6.20 Å². The Labute approximate surface area is 69.9 Å². The molecule has 0 aliphatic rings. The first-order valence-electron chi connectivity index (χ1n) is 3.61. The van der Waals surface area contributed by atoms with Gasteiger partial charge in [0.05, 0.1) is 0 Å². The molecule has 0 fully saturated rings. The zero-order chi connectivity index (χ0) is 8.10. The minimum absolute atomic E-state index is 0.246. The fourth-order valence-corrected chi connectivity index (χ4v) is 1.65. The third-order valence-corrected chi connectivity index (χ3v) is 2.44. The van der Waals surface area contributed by atoms with Gasteiger partial charge in [-0.15, -0.1) is 11.3 Å². The molecule has 3 N–H and O–H groups in total. The van der Waals surface area contributed by atoms with Gasteiger partial charge in [-0.25, -0.2) is 4.98 Å². The van der Waals surface area contributed by atoms with Crippen LogP contribution in [0.15, 0.2) is 6.20 Å². The number of aliphatic hydroxyl groups excluding tert-OH is 1. The van der Waals surface area contributed by atoms with Crippen molar-refractivity contribution in [3.8, 4) is 0 Å². The average Bonchev–Trinajstić information content (AvgIpc) is 2.48. The lowest BCUT2D eigenvalue weighted by molar-refractivity contribution is 0.289. The summed E-state index contributed by atoms with van der Waals surface area (Å²) in [4.78, 5) is 5.31. The third-order valence-electron chi connectivity index (χ3n) is 1.36. The van der Waals surface area contributed by atoms with Gasteiger partial charge in [0.1, 0.15) is 5.01 Å². The summed E-state index contributed by atoms with van der Waals surface area (Å²) >= 11 is 1.63. The van der Waals surface area contributed by atoms with Crippen LogP contribution in [0.1, 0.15) is 16.3 Å². The molecule has 0 unspecified atom stereocenters. The van der Waals surface area contributed by atoms with Crippen LogP contribution in [-0.2, 0) is 13.0 Å². The number of aliphatic hydroxyl groups is 1. The van der Waals surface area contributed by atoms with E-state index in [9.17, 15) is 0 Å². The van der Waals surface area contributed by atoms with E-state index in [4.69, 9.17) is 10.8 Å². The standard InChI is InChI=1S/C7H12N2OS/c8-4-7-9-5-6(11-7)2-1-3-10/h5,10H,1-4,8H2. The average molecular weight is 172 g/mol. The predicted octanol–water partition coefficient (Wildman–Crippen LogP) is 0.527. The molecule has 0 saturated heterocycles. The summed E-state index contributed by atoms with van der Waals surface area (Å²) in [5.41, 5.74) is 5.39. The van der Waals surface area contributed by atoms with Crippen LogP contribution in [0.2, 0.25) is 0 Å². The Morgan fingerprint density at radius 1 is 1.64 bits per heavy atom. The van der Waals surface area contributed by atoms with Crippen LogP contribution in [0.25, 0.3) is 0 Å². The second kappa shape index (κ2) is 4.43. The summed E-state index contributed by atoms with van der Waals surface area (Å²) in [7, 11) is 0. The molecule has 1 aromatic heterocycles. The van der Waals surface area contributed by atoms with E-state index >= 15 is 0 Å².